The minimum Gasteiger partial charge on any atom is -0.357 e. The molecule has 1 aromatic carbocycles. The van der Waals surface area contributed by atoms with Crippen LogP contribution in [0, 0.1) is 0 Å². The van der Waals surface area contributed by atoms with E-state index in [1.165, 1.54) is 41.4 Å². The molecule has 18 heavy (non-hydrogen) atoms. The van der Waals surface area contributed by atoms with Gasteiger partial charge in [0.15, 0.2) is 0 Å². The molecule has 3 nitrogen and oxygen atoms in total. The molecule has 1 aliphatic rings. The number of rotatable bonds is 3. The maximum atomic E-state index is 5.58. The summed E-state index contributed by atoms with van der Waals surface area (Å²) in [5.41, 5.74) is 9.66. The number of nitrogens with one attached hydrogen (secondary N) is 2. The average Bonchev–Trinajstić information content (AvgIpc) is 2.75. The first kappa shape index (κ1) is 12.2. The van der Waals surface area contributed by atoms with Crippen molar-refractivity contribution in [1.29, 1.82) is 0 Å². The summed E-state index contributed by atoms with van der Waals surface area (Å²) in [5.74, 6) is 0. The highest BCUT2D eigenvalue weighted by Crippen LogP contribution is 2.35. The molecular formula is C14H18BrN3. The van der Waals surface area contributed by atoms with Gasteiger partial charge in [0.1, 0.15) is 0 Å². The van der Waals surface area contributed by atoms with Gasteiger partial charge in [0.05, 0.1) is 0 Å². The molecule has 3 rings (SSSR count). The molecule has 2 aromatic rings. The molecule has 0 saturated carbocycles. The smallest absolute Gasteiger partial charge is 0.0476 e. The Balaban J connectivity index is 2.04. The maximum absolute atomic E-state index is 5.58. The molecule has 1 aromatic heterocycles. The molecule has 1 unspecified atom stereocenters. The first-order chi connectivity index (χ1) is 8.79. The molecular weight excluding hydrogens is 290 g/mol. The number of halogens is 1. The third-order valence-electron chi connectivity index (χ3n) is 3.70. The molecule has 0 radical (unpaired) electrons. The van der Waals surface area contributed by atoms with E-state index in [9.17, 15) is 0 Å². The van der Waals surface area contributed by atoms with Crippen molar-refractivity contribution in [3.05, 3.63) is 33.9 Å². The molecule has 4 heteroatoms. The number of benzene rings is 1. The van der Waals surface area contributed by atoms with Crippen LogP contribution in [0.3, 0.4) is 0 Å². The van der Waals surface area contributed by atoms with Crippen LogP contribution in [0.4, 0.5) is 0 Å². The Morgan fingerprint density at radius 1 is 1.44 bits per heavy atom. The standard InChI is InChI=1S/C14H18BrN3/c15-9-4-5-12-11(8-9)10-2-1-3-13(14(10)18-12)17-7-6-16/h4-5,8,13,17-18H,1-3,6-7,16H2. The van der Waals surface area contributed by atoms with Crippen molar-refractivity contribution in [2.45, 2.75) is 25.3 Å². The van der Waals surface area contributed by atoms with E-state index in [1.807, 2.05) is 0 Å². The van der Waals surface area contributed by atoms with Crippen molar-refractivity contribution >= 4 is 26.8 Å². The second-order valence-electron chi connectivity index (χ2n) is 4.89. The zero-order valence-corrected chi connectivity index (χ0v) is 11.9. The number of H-pyrrole nitrogens is 1. The van der Waals surface area contributed by atoms with E-state index in [2.05, 4.69) is 44.4 Å². The van der Waals surface area contributed by atoms with Gasteiger partial charge in [0.25, 0.3) is 0 Å². The molecule has 0 saturated heterocycles. The van der Waals surface area contributed by atoms with E-state index >= 15 is 0 Å². The topological polar surface area (TPSA) is 53.8 Å². The summed E-state index contributed by atoms with van der Waals surface area (Å²) >= 11 is 3.56. The van der Waals surface area contributed by atoms with Crippen molar-refractivity contribution in [2.75, 3.05) is 13.1 Å². The predicted molar refractivity (Wildman–Crippen MR) is 78.7 cm³/mol. The van der Waals surface area contributed by atoms with Crippen molar-refractivity contribution in [3.8, 4) is 0 Å². The largest absolute Gasteiger partial charge is 0.357 e. The average molecular weight is 308 g/mol. The van der Waals surface area contributed by atoms with Gasteiger partial charge in [-0.2, -0.15) is 0 Å². The molecule has 0 bridgehead atoms. The molecule has 0 fully saturated rings. The van der Waals surface area contributed by atoms with E-state index < -0.39 is 0 Å². The van der Waals surface area contributed by atoms with Gasteiger partial charge in [-0.3, -0.25) is 0 Å². The van der Waals surface area contributed by atoms with Crippen molar-refractivity contribution in [2.24, 2.45) is 5.73 Å². The third kappa shape index (κ3) is 2.09. The van der Waals surface area contributed by atoms with E-state index in [0.29, 0.717) is 12.6 Å². The molecule has 96 valence electrons. The quantitative estimate of drug-likeness (QED) is 0.816. The van der Waals surface area contributed by atoms with Crippen LogP contribution < -0.4 is 11.1 Å². The van der Waals surface area contributed by atoms with Gasteiger partial charge in [-0.15, -0.1) is 0 Å². The fourth-order valence-corrected chi connectivity index (χ4v) is 3.26. The summed E-state index contributed by atoms with van der Waals surface area (Å²) in [5, 5.41) is 4.89. The fourth-order valence-electron chi connectivity index (χ4n) is 2.90. The highest BCUT2D eigenvalue weighted by molar-refractivity contribution is 9.10. The summed E-state index contributed by atoms with van der Waals surface area (Å²) in [4.78, 5) is 3.58. The van der Waals surface area contributed by atoms with Crippen LogP contribution in [0.5, 0.6) is 0 Å². The van der Waals surface area contributed by atoms with Gasteiger partial charge < -0.3 is 16.0 Å². The molecule has 1 aliphatic carbocycles. The second-order valence-corrected chi connectivity index (χ2v) is 5.81. The summed E-state index contributed by atoms with van der Waals surface area (Å²) < 4.78 is 1.15. The summed E-state index contributed by atoms with van der Waals surface area (Å²) in [6.45, 7) is 1.57. The first-order valence-electron chi connectivity index (χ1n) is 6.53. The zero-order chi connectivity index (χ0) is 12.5. The molecule has 4 N–H and O–H groups in total. The number of hydrogen-bond acceptors (Lipinski definition) is 2. The number of aromatic nitrogens is 1. The van der Waals surface area contributed by atoms with Crippen LogP contribution in [0.25, 0.3) is 10.9 Å². The van der Waals surface area contributed by atoms with E-state index in [4.69, 9.17) is 5.73 Å². The first-order valence-corrected chi connectivity index (χ1v) is 7.32. The fraction of sp³-hybridized carbons (Fsp3) is 0.429. The Kier molecular flexibility index (Phi) is 3.41. The van der Waals surface area contributed by atoms with Crippen LogP contribution in [0.1, 0.15) is 30.1 Å². The van der Waals surface area contributed by atoms with Crippen molar-refractivity contribution in [3.63, 3.8) is 0 Å². The number of fused-ring (bicyclic) bond motifs is 3. The second kappa shape index (κ2) is 5.03. The van der Waals surface area contributed by atoms with Gasteiger partial charge >= 0.3 is 0 Å². The van der Waals surface area contributed by atoms with Crippen LogP contribution in [0.2, 0.25) is 0 Å². The van der Waals surface area contributed by atoms with Gasteiger partial charge in [0, 0.05) is 40.2 Å². The van der Waals surface area contributed by atoms with Crippen LogP contribution in [-0.4, -0.2) is 18.1 Å². The minimum atomic E-state index is 0.434. The monoisotopic (exact) mass is 307 g/mol. The van der Waals surface area contributed by atoms with Gasteiger partial charge in [-0.25, -0.2) is 0 Å². The van der Waals surface area contributed by atoms with Gasteiger partial charge in [-0.05, 0) is 43.0 Å². The third-order valence-corrected chi connectivity index (χ3v) is 4.20. The summed E-state index contributed by atoms with van der Waals surface area (Å²) in [6, 6.07) is 6.89. The summed E-state index contributed by atoms with van der Waals surface area (Å²) in [6.07, 6.45) is 3.61. The van der Waals surface area contributed by atoms with E-state index in [0.717, 1.165) is 11.0 Å². The number of hydrogen-bond donors (Lipinski definition) is 3. The maximum Gasteiger partial charge on any atom is 0.0476 e. The number of aromatic amines is 1. The van der Waals surface area contributed by atoms with E-state index in [1.54, 1.807) is 0 Å². The van der Waals surface area contributed by atoms with Crippen molar-refractivity contribution in [1.82, 2.24) is 10.3 Å². The zero-order valence-electron chi connectivity index (χ0n) is 10.3. The Bertz CT molecular complexity index is 561. The highest BCUT2D eigenvalue weighted by atomic mass is 79.9. The lowest BCUT2D eigenvalue weighted by Crippen LogP contribution is -2.29. The van der Waals surface area contributed by atoms with Crippen LogP contribution >= 0.6 is 15.9 Å². The van der Waals surface area contributed by atoms with Crippen molar-refractivity contribution < 1.29 is 0 Å². The normalized spacial score (nSPS) is 19.1. The molecule has 0 amide bonds. The predicted octanol–water partition coefficient (Wildman–Crippen LogP) is 2.86. The highest BCUT2D eigenvalue weighted by Gasteiger charge is 2.23. The lowest BCUT2D eigenvalue weighted by atomic mass is 9.92. The Morgan fingerprint density at radius 2 is 2.33 bits per heavy atom. The van der Waals surface area contributed by atoms with Crippen LogP contribution in [0.15, 0.2) is 22.7 Å². The lowest BCUT2D eigenvalue weighted by Gasteiger charge is -2.23. The number of nitrogens with two attached hydrogens (primary N) is 1. The summed E-state index contributed by atoms with van der Waals surface area (Å²) in [7, 11) is 0. The lowest BCUT2D eigenvalue weighted by molar-refractivity contribution is 0.459. The molecule has 1 atom stereocenters. The van der Waals surface area contributed by atoms with Gasteiger partial charge in [0.2, 0.25) is 0 Å². The molecule has 1 heterocycles. The van der Waals surface area contributed by atoms with Gasteiger partial charge in [-0.1, -0.05) is 15.9 Å². The molecule has 0 spiro atoms. The Labute approximate surface area is 115 Å². The van der Waals surface area contributed by atoms with E-state index in [-0.39, 0.29) is 0 Å². The molecule has 0 aliphatic heterocycles. The van der Waals surface area contributed by atoms with Crippen LogP contribution in [-0.2, 0) is 6.42 Å². The number of aryl methyl sites for hydroxylation is 1. The minimum absolute atomic E-state index is 0.434. The SMILES string of the molecule is NCCNC1CCCc2c1[nH]c1ccc(Br)cc21. The Hall–Kier alpha value is -0.840. The Morgan fingerprint density at radius 3 is 3.17 bits per heavy atom.